The van der Waals surface area contributed by atoms with Gasteiger partial charge in [-0.25, -0.2) is 4.79 Å². The van der Waals surface area contributed by atoms with E-state index in [2.05, 4.69) is 5.32 Å². The lowest BCUT2D eigenvalue weighted by Crippen LogP contribution is -2.51. The van der Waals surface area contributed by atoms with E-state index in [1.165, 1.54) is 0 Å². The van der Waals surface area contributed by atoms with Crippen LogP contribution in [-0.4, -0.2) is 46.4 Å². The molecular weight excluding hydrogens is 308 g/mol. The smallest absolute Gasteiger partial charge is 0.326 e. The fourth-order valence-corrected chi connectivity index (χ4v) is 2.99. The maximum Gasteiger partial charge on any atom is 0.326 e. The van der Waals surface area contributed by atoms with Crippen LogP contribution in [0.3, 0.4) is 0 Å². The molecule has 0 bridgehead atoms. The van der Waals surface area contributed by atoms with Gasteiger partial charge in [0, 0.05) is 12.1 Å². The van der Waals surface area contributed by atoms with E-state index in [4.69, 9.17) is 0 Å². The zero-order valence-electron chi connectivity index (χ0n) is 14.1. The van der Waals surface area contributed by atoms with Crippen LogP contribution in [0.2, 0.25) is 0 Å². The van der Waals surface area contributed by atoms with Crippen LogP contribution in [-0.2, 0) is 9.59 Å². The van der Waals surface area contributed by atoms with Crippen LogP contribution in [0.25, 0.3) is 0 Å². The Kier molecular flexibility index (Phi) is 5.95. The number of nitrogens with zero attached hydrogens (tertiary/aromatic N) is 1. The van der Waals surface area contributed by atoms with Gasteiger partial charge in [0.1, 0.15) is 12.1 Å². The molecule has 6 nitrogen and oxygen atoms in total. The monoisotopic (exact) mass is 332 g/mol. The van der Waals surface area contributed by atoms with Crippen LogP contribution in [0.1, 0.15) is 43.5 Å². The predicted octanol–water partition coefficient (Wildman–Crippen LogP) is 1.91. The number of likely N-dealkylation sites (tertiary alicyclic amines) is 1. The van der Waals surface area contributed by atoms with Crippen molar-refractivity contribution in [2.45, 2.75) is 45.2 Å². The van der Waals surface area contributed by atoms with E-state index in [-0.39, 0.29) is 17.7 Å². The Balaban J connectivity index is 2.07. The molecule has 6 heteroatoms. The van der Waals surface area contributed by atoms with Crippen LogP contribution >= 0.6 is 0 Å². The number of carboxylic acid groups (broad SMARTS) is 1. The summed E-state index contributed by atoms with van der Waals surface area (Å²) in [5.74, 6) is -1.47. The molecule has 2 N–H and O–H groups in total. The molecule has 1 aromatic carbocycles. The van der Waals surface area contributed by atoms with Crippen molar-refractivity contribution in [2.75, 3.05) is 6.54 Å². The van der Waals surface area contributed by atoms with Crippen LogP contribution in [0.15, 0.2) is 30.3 Å². The van der Waals surface area contributed by atoms with Gasteiger partial charge in [0.25, 0.3) is 5.91 Å². The predicted molar refractivity (Wildman–Crippen MR) is 89.5 cm³/mol. The van der Waals surface area contributed by atoms with Gasteiger partial charge >= 0.3 is 5.97 Å². The lowest BCUT2D eigenvalue weighted by Gasteiger charge is -2.26. The zero-order valence-corrected chi connectivity index (χ0v) is 14.1. The summed E-state index contributed by atoms with van der Waals surface area (Å²) in [6.07, 6.45) is 1.65. The summed E-state index contributed by atoms with van der Waals surface area (Å²) >= 11 is 0. The summed E-state index contributed by atoms with van der Waals surface area (Å²) in [4.78, 5) is 38.0. The van der Waals surface area contributed by atoms with Gasteiger partial charge in [-0.2, -0.15) is 0 Å². The van der Waals surface area contributed by atoms with Crippen molar-refractivity contribution in [1.29, 1.82) is 0 Å². The van der Waals surface area contributed by atoms with E-state index >= 15 is 0 Å². The molecule has 1 fully saturated rings. The quantitative estimate of drug-likeness (QED) is 0.833. The molecule has 0 saturated carbocycles. The average Bonchev–Trinajstić information content (AvgIpc) is 3.03. The largest absolute Gasteiger partial charge is 0.480 e. The second-order valence-corrected chi connectivity index (χ2v) is 6.55. The average molecular weight is 332 g/mol. The first-order valence-corrected chi connectivity index (χ1v) is 8.29. The molecule has 2 amide bonds. The van der Waals surface area contributed by atoms with Crippen molar-refractivity contribution < 1.29 is 19.5 Å². The molecule has 1 heterocycles. The third kappa shape index (κ3) is 4.34. The Hall–Kier alpha value is -2.37. The van der Waals surface area contributed by atoms with E-state index in [0.29, 0.717) is 24.9 Å². The van der Waals surface area contributed by atoms with Crippen molar-refractivity contribution in [3.05, 3.63) is 35.9 Å². The first-order valence-electron chi connectivity index (χ1n) is 8.29. The molecule has 1 aliphatic heterocycles. The second-order valence-electron chi connectivity index (χ2n) is 6.55. The van der Waals surface area contributed by atoms with Gasteiger partial charge in [-0.3, -0.25) is 9.59 Å². The van der Waals surface area contributed by atoms with Crippen molar-refractivity contribution in [3.8, 4) is 0 Å². The molecule has 2 rings (SSSR count). The first kappa shape index (κ1) is 18.0. The standard InChI is InChI=1S/C18H24N2O4/c1-12(2)11-14(18(23)24)19-16(21)15-9-6-10-20(15)17(22)13-7-4-3-5-8-13/h3-5,7-8,12,14-15H,6,9-11H2,1-2H3,(H,19,21)(H,23,24)/t14-,15?/m1/s1. The molecule has 0 spiro atoms. The highest BCUT2D eigenvalue weighted by molar-refractivity contribution is 5.98. The number of nitrogens with one attached hydrogen (secondary N) is 1. The van der Waals surface area contributed by atoms with Crippen LogP contribution in [0, 0.1) is 5.92 Å². The molecule has 1 aliphatic rings. The van der Waals surface area contributed by atoms with Gasteiger partial charge in [0.2, 0.25) is 5.91 Å². The minimum Gasteiger partial charge on any atom is -0.480 e. The Morgan fingerprint density at radius 3 is 2.50 bits per heavy atom. The Bertz CT molecular complexity index is 600. The van der Waals surface area contributed by atoms with Crippen LogP contribution < -0.4 is 5.32 Å². The number of benzene rings is 1. The highest BCUT2D eigenvalue weighted by Gasteiger charge is 2.36. The summed E-state index contributed by atoms with van der Waals surface area (Å²) in [5.41, 5.74) is 0.536. The van der Waals surface area contributed by atoms with Crippen LogP contribution in [0.5, 0.6) is 0 Å². The third-order valence-corrected chi connectivity index (χ3v) is 4.16. The van der Waals surface area contributed by atoms with Crippen molar-refractivity contribution in [3.63, 3.8) is 0 Å². The van der Waals surface area contributed by atoms with Crippen LogP contribution in [0.4, 0.5) is 0 Å². The minimum atomic E-state index is -1.05. The summed E-state index contributed by atoms with van der Waals surface area (Å²) in [5, 5.41) is 11.9. The fourth-order valence-electron chi connectivity index (χ4n) is 2.99. The maximum atomic E-state index is 12.6. The van der Waals surface area contributed by atoms with E-state index in [1.807, 2.05) is 19.9 Å². The van der Waals surface area contributed by atoms with E-state index in [0.717, 1.165) is 6.42 Å². The number of carboxylic acids is 1. The van der Waals surface area contributed by atoms with Crippen molar-refractivity contribution in [1.82, 2.24) is 10.2 Å². The number of aliphatic carboxylic acids is 1. The topological polar surface area (TPSA) is 86.7 Å². The highest BCUT2D eigenvalue weighted by Crippen LogP contribution is 2.21. The molecule has 0 aliphatic carbocycles. The number of amides is 2. The van der Waals surface area contributed by atoms with Gasteiger partial charge in [0.05, 0.1) is 0 Å². The van der Waals surface area contributed by atoms with Crippen molar-refractivity contribution in [2.24, 2.45) is 5.92 Å². The van der Waals surface area contributed by atoms with Gasteiger partial charge in [0.15, 0.2) is 0 Å². The Morgan fingerprint density at radius 2 is 1.92 bits per heavy atom. The normalized spacial score (nSPS) is 18.5. The molecular formula is C18H24N2O4. The summed E-state index contributed by atoms with van der Waals surface area (Å²) in [6, 6.07) is 7.29. The first-order chi connectivity index (χ1) is 11.4. The number of rotatable bonds is 6. The fraction of sp³-hybridized carbons (Fsp3) is 0.500. The van der Waals surface area contributed by atoms with Crippen molar-refractivity contribution >= 4 is 17.8 Å². The Morgan fingerprint density at radius 1 is 1.25 bits per heavy atom. The summed E-state index contributed by atoms with van der Waals surface area (Å²) < 4.78 is 0. The molecule has 130 valence electrons. The summed E-state index contributed by atoms with van der Waals surface area (Å²) in [7, 11) is 0. The zero-order chi connectivity index (χ0) is 17.7. The van der Waals surface area contributed by atoms with Gasteiger partial charge in [-0.15, -0.1) is 0 Å². The van der Waals surface area contributed by atoms with E-state index in [1.54, 1.807) is 29.2 Å². The molecule has 0 radical (unpaired) electrons. The minimum absolute atomic E-state index is 0.150. The molecule has 1 saturated heterocycles. The van der Waals surface area contributed by atoms with E-state index in [9.17, 15) is 19.5 Å². The second kappa shape index (κ2) is 7.95. The number of hydrogen-bond acceptors (Lipinski definition) is 3. The molecule has 24 heavy (non-hydrogen) atoms. The lowest BCUT2D eigenvalue weighted by molar-refractivity contribution is -0.142. The molecule has 1 aromatic rings. The van der Waals surface area contributed by atoms with Gasteiger partial charge < -0.3 is 15.3 Å². The number of carbonyl (C=O) groups is 3. The Labute approximate surface area is 141 Å². The van der Waals surface area contributed by atoms with Gasteiger partial charge in [-0.1, -0.05) is 32.0 Å². The lowest BCUT2D eigenvalue weighted by atomic mass is 10.0. The number of carbonyl (C=O) groups excluding carboxylic acids is 2. The third-order valence-electron chi connectivity index (χ3n) is 4.16. The van der Waals surface area contributed by atoms with E-state index < -0.39 is 18.1 Å². The molecule has 1 unspecified atom stereocenters. The van der Waals surface area contributed by atoms with Gasteiger partial charge in [-0.05, 0) is 37.3 Å². The molecule has 0 aromatic heterocycles. The summed E-state index contributed by atoms with van der Waals surface area (Å²) in [6.45, 7) is 4.32. The molecule has 2 atom stereocenters. The number of hydrogen-bond donors (Lipinski definition) is 2. The highest BCUT2D eigenvalue weighted by atomic mass is 16.4. The SMILES string of the molecule is CC(C)C[C@@H](NC(=O)C1CCCN1C(=O)c1ccccc1)C(=O)O. The maximum absolute atomic E-state index is 12.6.